The highest BCUT2D eigenvalue weighted by Crippen LogP contribution is 2.35. The minimum atomic E-state index is -3.86. The number of hydrogen-bond donors (Lipinski definition) is 0. The van der Waals surface area contributed by atoms with Crippen LogP contribution < -0.4 is 0 Å². The van der Waals surface area contributed by atoms with Gasteiger partial charge >= 0.3 is 0 Å². The molecule has 0 amide bonds. The van der Waals surface area contributed by atoms with Crippen molar-refractivity contribution in [3.63, 3.8) is 0 Å². The van der Waals surface area contributed by atoms with Crippen LogP contribution in [0.25, 0.3) is 10.7 Å². The van der Waals surface area contributed by atoms with Crippen LogP contribution in [0.5, 0.6) is 0 Å². The number of fused-ring (bicyclic) bond motifs is 1. The molecule has 5 nitrogen and oxygen atoms in total. The first-order valence-corrected chi connectivity index (χ1v) is 9.05. The maximum absolute atomic E-state index is 11.3. The highest BCUT2D eigenvalue weighted by Gasteiger charge is 2.23. The molecule has 0 unspecified atom stereocenters. The zero-order valence-corrected chi connectivity index (χ0v) is 12.6. The lowest BCUT2D eigenvalue weighted by Gasteiger charge is -2.08. The maximum atomic E-state index is 11.3. The monoisotopic (exact) mass is 317 g/mol. The van der Waals surface area contributed by atoms with Crippen molar-refractivity contribution in [1.29, 1.82) is 0 Å². The molecule has 1 aliphatic rings. The number of aryl methyl sites for hydroxylation is 2. The van der Waals surface area contributed by atoms with Crippen molar-refractivity contribution in [3.8, 4) is 10.7 Å². The molecule has 0 aliphatic heterocycles. The topological polar surface area (TPSA) is 64.8 Å². The zero-order valence-electron chi connectivity index (χ0n) is 10.3. The Kier molecular flexibility index (Phi) is 3.15. The molecule has 0 atom stereocenters. The molecular formula is C11H12ClN3O2S2. The van der Waals surface area contributed by atoms with Crippen LogP contribution in [0.4, 0.5) is 0 Å². The normalized spacial score (nSPS) is 15.5. The first kappa shape index (κ1) is 13.1. The van der Waals surface area contributed by atoms with Gasteiger partial charge in [-0.2, -0.15) is 0 Å². The lowest BCUT2D eigenvalue weighted by atomic mass is 9.99. The summed E-state index contributed by atoms with van der Waals surface area (Å²) in [6.45, 7) is 0. The molecule has 0 N–H and O–H groups in total. The second kappa shape index (κ2) is 4.57. The maximum Gasteiger partial charge on any atom is 0.296 e. The molecule has 19 heavy (non-hydrogen) atoms. The molecule has 2 aromatic heterocycles. The van der Waals surface area contributed by atoms with Gasteiger partial charge in [-0.1, -0.05) is 0 Å². The third kappa shape index (κ3) is 2.30. The quantitative estimate of drug-likeness (QED) is 0.798. The van der Waals surface area contributed by atoms with Crippen LogP contribution in [-0.4, -0.2) is 23.2 Å². The minimum absolute atomic E-state index is 0.212. The summed E-state index contributed by atoms with van der Waals surface area (Å²) in [5, 5.41) is 7.41. The van der Waals surface area contributed by atoms with Crippen molar-refractivity contribution in [1.82, 2.24) is 14.8 Å². The summed E-state index contributed by atoms with van der Waals surface area (Å²) >= 11 is 1.67. The average molecular weight is 318 g/mol. The van der Waals surface area contributed by atoms with E-state index in [0.29, 0.717) is 5.82 Å². The number of halogens is 1. The van der Waals surface area contributed by atoms with Crippen LogP contribution >= 0.6 is 22.0 Å². The largest absolute Gasteiger partial charge is 0.299 e. The van der Waals surface area contributed by atoms with E-state index < -0.39 is 9.05 Å². The zero-order chi connectivity index (χ0) is 13.6. The Balaban J connectivity index is 2.08. The predicted octanol–water partition coefficient (Wildman–Crippen LogP) is 2.35. The van der Waals surface area contributed by atoms with Gasteiger partial charge in [-0.3, -0.25) is 4.57 Å². The molecule has 0 spiro atoms. The fourth-order valence-corrected chi connectivity index (χ4v) is 4.57. The first-order chi connectivity index (χ1) is 8.97. The molecule has 0 bridgehead atoms. The Hall–Kier alpha value is -0.920. The SMILES string of the molecule is Cn1c(-c2cc3c(s2)CCCC3)nnc1S(=O)(=O)Cl. The lowest BCUT2D eigenvalue weighted by Crippen LogP contribution is -2.02. The molecule has 2 heterocycles. The smallest absolute Gasteiger partial charge is 0.296 e. The van der Waals surface area contributed by atoms with E-state index >= 15 is 0 Å². The van der Waals surface area contributed by atoms with Crippen molar-refractivity contribution in [3.05, 3.63) is 16.5 Å². The van der Waals surface area contributed by atoms with Gasteiger partial charge in [0.25, 0.3) is 14.2 Å². The number of nitrogens with zero attached hydrogens (tertiary/aromatic N) is 3. The highest BCUT2D eigenvalue weighted by atomic mass is 35.7. The van der Waals surface area contributed by atoms with Gasteiger partial charge in [0, 0.05) is 22.6 Å². The average Bonchev–Trinajstić information content (AvgIpc) is 2.90. The molecule has 0 saturated heterocycles. The van der Waals surface area contributed by atoms with Crippen LogP contribution in [0.2, 0.25) is 0 Å². The number of thiophene rings is 1. The predicted molar refractivity (Wildman–Crippen MR) is 74.0 cm³/mol. The summed E-state index contributed by atoms with van der Waals surface area (Å²) in [6.07, 6.45) is 4.61. The minimum Gasteiger partial charge on any atom is -0.299 e. The lowest BCUT2D eigenvalue weighted by molar-refractivity contribution is 0.593. The first-order valence-electron chi connectivity index (χ1n) is 5.93. The van der Waals surface area contributed by atoms with Gasteiger partial charge in [0.1, 0.15) is 0 Å². The van der Waals surface area contributed by atoms with Gasteiger partial charge in [0.15, 0.2) is 5.82 Å². The van der Waals surface area contributed by atoms with Gasteiger partial charge in [0.05, 0.1) is 4.88 Å². The van der Waals surface area contributed by atoms with Crippen LogP contribution in [0.3, 0.4) is 0 Å². The van der Waals surface area contributed by atoms with Gasteiger partial charge < -0.3 is 0 Å². The van der Waals surface area contributed by atoms with Crippen molar-refractivity contribution in [2.75, 3.05) is 0 Å². The van der Waals surface area contributed by atoms with E-state index in [9.17, 15) is 8.42 Å². The summed E-state index contributed by atoms with van der Waals surface area (Å²) < 4.78 is 24.1. The van der Waals surface area contributed by atoms with E-state index in [0.717, 1.165) is 17.7 Å². The molecular weight excluding hydrogens is 306 g/mol. The van der Waals surface area contributed by atoms with Gasteiger partial charge in [-0.15, -0.1) is 21.5 Å². The van der Waals surface area contributed by atoms with Gasteiger partial charge in [-0.05, 0) is 37.3 Å². The van der Waals surface area contributed by atoms with Crippen LogP contribution in [-0.2, 0) is 28.9 Å². The Bertz CT molecular complexity index is 710. The number of rotatable bonds is 2. The standard InChI is InChI=1S/C11H12ClN3O2S2/c1-15-10(13-14-11(15)19(12,16)17)9-6-7-4-2-3-5-8(7)18-9/h6H,2-5H2,1H3. The summed E-state index contributed by atoms with van der Waals surface area (Å²) in [5.74, 6) is 0.554. The fraction of sp³-hybridized carbons (Fsp3) is 0.455. The Morgan fingerprint density at radius 1 is 1.32 bits per heavy atom. The van der Waals surface area contributed by atoms with E-state index in [-0.39, 0.29) is 5.16 Å². The fourth-order valence-electron chi connectivity index (χ4n) is 2.34. The second-order valence-corrected chi connectivity index (χ2v) is 8.17. The molecule has 8 heteroatoms. The van der Waals surface area contributed by atoms with E-state index in [4.69, 9.17) is 10.7 Å². The molecule has 102 valence electrons. The van der Waals surface area contributed by atoms with Crippen LogP contribution in [0.1, 0.15) is 23.3 Å². The van der Waals surface area contributed by atoms with E-state index in [1.807, 2.05) is 0 Å². The Morgan fingerprint density at radius 2 is 2.05 bits per heavy atom. The van der Waals surface area contributed by atoms with Crippen LogP contribution in [0.15, 0.2) is 11.2 Å². The summed E-state index contributed by atoms with van der Waals surface area (Å²) in [6, 6.07) is 2.09. The van der Waals surface area contributed by atoms with Crippen molar-refractivity contribution in [2.45, 2.75) is 30.8 Å². The summed E-state index contributed by atoms with van der Waals surface area (Å²) in [4.78, 5) is 2.33. The van der Waals surface area contributed by atoms with E-state index in [2.05, 4.69) is 16.3 Å². The van der Waals surface area contributed by atoms with Gasteiger partial charge in [0.2, 0.25) is 0 Å². The van der Waals surface area contributed by atoms with E-state index in [1.54, 1.807) is 18.4 Å². The molecule has 1 aliphatic carbocycles. The molecule has 0 radical (unpaired) electrons. The molecule has 3 rings (SSSR count). The van der Waals surface area contributed by atoms with E-state index in [1.165, 1.54) is 27.8 Å². The number of aromatic nitrogens is 3. The Morgan fingerprint density at radius 3 is 2.68 bits per heavy atom. The molecule has 0 fully saturated rings. The van der Waals surface area contributed by atoms with Crippen LogP contribution in [0, 0.1) is 0 Å². The summed E-state index contributed by atoms with van der Waals surface area (Å²) in [7, 11) is 3.08. The molecule has 2 aromatic rings. The van der Waals surface area contributed by atoms with Gasteiger partial charge in [-0.25, -0.2) is 8.42 Å². The van der Waals surface area contributed by atoms with Crippen molar-refractivity contribution in [2.24, 2.45) is 7.05 Å². The number of hydrogen-bond acceptors (Lipinski definition) is 5. The third-order valence-electron chi connectivity index (χ3n) is 3.27. The summed E-state index contributed by atoms with van der Waals surface area (Å²) in [5.41, 5.74) is 1.35. The van der Waals surface area contributed by atoms with Crippen molar-refractivity contribution < 1.29 is 8.42 Å². The third-order valence-corrected chi connectivity index (χ3v) is 5.71. The van der Waals surface area contributed by atoms with Crippen molar-refractivity contribution >= 4 is 31.1 Å². The second-order valence-electron chi connectivity index (χ2n) is 4.57. The molecule has 0 saturated carbocycles. The Labute approximate surface area is 119 Å². The molecule has 0 aromatic carbocycles. The highest BCUT2D eigenvalue weighted by molar-refractivity contribution is 8.13.